The first-order chi connectivity index (χ1) is 8.71. The summed E-state index contributed by atoms with van der Waals surface area (Å²) in [4.78, 5) is 35.3. The Bertz CT molecular complexity index is 728. The molecular formula is C14H15NO4. The summed E-state index contributed by atoms with van der Waals surface area (Å²) in [6.07, 6.45) is 0. The summed E-state index contributed by atoms with van der Waals surface area (Å²) in [6.45, 7) is 6.61. The van der Waals surface area contributed by atoms with Crippen molar-refractivity contribution in [1.82, 2.24) is 4.57 Å². The van der Waals surface area contributed by atoms with Crippen LogP contribution in [0.5, 0.6) is 0 Å². The number of oxazole rings is 1. The van der Waals surface area contributed by atoms with Gasteiger partial charge in [-0.3, -0.25) is 9.59 Å². The van der Waals surface area contributed by atoms with Gasteiger partial charge in [-0.05, 0) is 25.1 Å². The summed E-state index contributed by atoms with van der Waals surface area (Å²) >= 11 is 0. The Morgan fingerprint density at radius 3 is 2.37 bits per heavy atom. The summed E-state index contributed by atoms with van der Waals surface area (Å²) in [5.41, 5.74) is 0.377. The van der Waals surface area contributed by atoms with Gasteiger partial charge in [-0.2, -0.15) is 0 Å². The number of aromatic nitrogens is 1. The van der Waals surface area contributed by atoms with Gasteiger partial charge in [-0.25, -0.2) is 9.36 Å². The quantitative estimate of drug-likeness (QED) is 0.739. The number of Topliss-reactive ketones (excluding diaryl/α,β-unsaturated/α-hetero) is 1. The average molecular weight is 261 g/mol. The third-order valence-corrected chi connectivity index (χ3v) is 2.83. The molecule has 2 rings (SSSR count). The van der Waals surface area contributed by atoms with Crippen LogP contribution in [0.3, 0.4) is 0 Å². The Morgan fingerprint density at radius 1 is 1.21 bits per heavy atom. The Hall–Kier alpha value is -2.17. The smallest absolute Gasteiger partial charge is 0.407 e. The van der Waals surface area contributed by atoms with Crippen LogP contribution in [0, 0.1) is 5.41 Å². The van der Waals surface area contributed by atoms with Crippen LogP contribution < -0.4 is 5.76 Å². The highest BCUT2D eigenvalue weighted by Crippen LogP contribution is 2.21. The van der Waals surface area contributed by atoms with Gasteiger partial charge in [0, 0.05) is 11.0 Å². The van der Waals surface area contributed by atoms with Gasteiger partial charge in [-0.15, -0.1) is 0 Å². The number of nitrogens with zero attached hydrogens (tertiary/aromatic N) is 1. The van der Waals surface area contributed by atoms with Crippen molar-refractivity contribution in [3.05, 3.63) is 34.3 Å². The molecule has 0 spiro atoms. The second-order valence-corrected chi connectivity index (χ2v) is 5.50. The molecule has 0 unspecified atom stereocenters. The van der Waals surface area contributed by atoms with Crippen LogP contribution in [0.25, 0.3) is 11.1 Å². The molecule has 0 saturated heterocycles. The van der Waals surface area contributed by atoms with E-state index in [0.717, 1.165) is 4.57 Å². The molecular weight excluding hydrogens is 246 g/mol. The van der Waals surface area contributed by atoms with E-state index in [0.29, 0.717) is 11.1 Å². The second kappa shape index (κ2) is 4.19. The highest BCUT2D eigenvalue weighted by atomic mass is 16.4. The minimum absolute atomic E-state index is 0.126. The van der Waals surface area contributed by atoms with Crippen LogP contribution >= 0.6 is 0 Å². The van der Waals surface area contributed by atoms with Crippen LogP contribution in [0.2, 0.25) is 0 Å². The topological polar surface area (TPSA) is 69.3 Å². The molecule has 2 aromatic rings. The largest absolute Gasteiger partial charge is 0.426 e. The van der Waals surface area contributed by atoms with Crippen molar-refractivity contribution in [3.63, 3.8) is 0 Å². The molecule has 100 valence electrons. The molecule has 0 aliphatic rings. The maximum atomic E-state index is 12.2. The van der Waals surface area contributed by atoms with Crippen LogP contribution in [0.4, 0.5) is 0 Å². The Kier molecular flexibility index (Phi) is 2.92. The van der Waals surface area contributed by atoms with Crippen molar-refractivity contribution in [2.45, 2.75) is 27.7 Å². The minimum atomic E-state index is -0.726. The van der Waals surface area contributed by atoms with Crippen molar-refractivity contribution >= 4 is 22.8 Å². The van der Waals surface area contributed by atoms with E-state index in [4.69, 9.17) is 4.42 Å². The predicted molar refractivity (Wildman–Crippen MR) is 70.6 cm³/mol. The van der Waals surface area contributed by atoms with Gasteiger partial charge in [0.05, 0.1) is 5.52 Å². The monoisotopic (exact) mass is 261 g/mol. The SMILES string of the molecule is CC(=O)c1ccc2c(c1)oc(=O)n2C(=O)C(C)(C)C. The minimum Gasteiger partial charge on any atom is -0.407 e. The highest BCUT2D eigenvalue weighted by molar-refractivity contribution is 5.98. The van der Waals surface area contributed by atoms with E-state index in [-0.39, 0.29) is 17.3 Å². The lowest BCUT2D eigenvalue weighted by Gasteiger charge is -2.15. The summed E-state index contributed by atoms with van der Waals surface area (Å²) in [5, 5.41) is 0. The number of hydrogen-bond acceptors (Lipinski definition) is 4. The fourth-order valence-corrected chi connectivity index (χ4v) is 1.77. The zero-order valence-corrected chi connectivity index (χ0v) is 11.3. The fourth-order valence-electron chi connectivity index (χ4n) is 1.77. The highest BCUT2D eigenvalue weighted by Gasteiger charge is 2.27. The molecule has 0 atom stereocenters. The Balaban J connectivity index is 2.71. The fraction of sp³-hybridized carbons (Fsp3) is 0.357. The van der Waals surface area contributed by atoms with Crippen LogP contribution in [-0.2, 0) is 0 Å². The first-order valence-electron chi connectivity index (χ1n) is 5.93. The molecule has 0 aliphatic carbocycles. The predicted octanol–water partition coefficient (Wildman–Crippen LogP) is 2.48. The van der Waals surface area contributed by atoms with E-state index >= 15 is 0 Å². The molecule has 0 radical (unpaired) electrons. The maximum Gasteiger partial charge on any atom is 0.426 e. The van der Waals surface area contributed by atoms with E-state index in [1.54, 1.807) is 32.9 Å². The van der Waals surface area contributed by atoms with Gasteiger partial charge in [-0.1, -0.05) is 20.8 Å². The van der Waals surface area contributed by atoms with Gasteiger partial charge in [0.2, 0.25) is 5.91 Å². The molecule has 0 bridgehead atoms. The zero-order chi connectivity index (χ0) is 14.4. The third kappa shape index (κ3) is 2.23. The summed E-state index contributed by atoms with van der Waals surface area (Å²) in [7, 11) is 0. The Morgan fingerprint density at radius 2 is 1.84 bits per heavy atom. The number of carbonyl (C=O) groups is 2. The third-order valence-electron chi connectivity index (χ3n) is 2.83. The molecule has 0 fully saturated rings. The van der Waals surface area contributed by atoms with E-state index in [9.17, 15) is 14.4 Å². The normalized spacial score (nSPS) is 11.8. The van der Waals surface area contributed by atoms with Crippen molar-refractivity contribution in [3.8, 4) is 0 Å². The van der Waals surface area contributed by atoms with E-state index in [1.165, 1.54) is 13.0 Å². The molecule has 5 heteroatoms. The number of hydrogen-bond donors (Lipinski definition) is 0. The lowest BCUT2D eigenvalue weighted by atomic mass is 9.95. The molecule has 1 heterocycles. The first-order valence-corrected chi connectivity index (χ1v) is 5.93. The zero-order valence-electron chi connectivity index (χ0n) is 11.3. The van der Waals surface area contributed by atoms with Crippen LogP contribution in [0.1, 0.15) is 42.8 Å². The van der Waals surface area contributed by atoms with E-state index in [2.05, 4.69) is 0 Å². The molecule has 1 aromatic carbocycles. The number of benzene rings is 1. The van der Waals surface area contributed by atoms with Crippen molar-refractivity contribution in [2.75, 3.05) is 0 Å². The number of carbonyl (C=O) groups excluding carboxylic acids is 2. The molecule has 0 N–H and O–H groups in total. The molecule has 19 heavy (non-hydrogen) atoms. The average Bonchev–Trinajstić information content (AvgIpc) is 2.61. The van der Waals surface area contributed by atoms with Gasteiger partial charge in [0.25, 0.3) is 0 Å². The number of rotatable bonds is 1. The summed E-state index contributed by atoms with van der Waals surface area (Å²) in [6, 6.07) is 4.61. The van der Waals surface area contributed by atoms with Gasteiger partial charge < -0.3 is 4.42 Å². The number of ketones is 1. The van der Waals surface area contributed by atoms with Gasteiger partial charge in [0.1, 0.15) is 0 Å². The van der Waals surface area contributed by atoms with Crippen molar-refractivity contribution < 1.29 is 14.0 Å². The van der Waals surface area contributed by atoms with Crippen LogP contribution in [-0.4, -0.2) is 16.3 Å². The molecule has 5 nitrogen and oxygen atoms in total. The standard InChI is InChI=1S/C14H15NO4/c1-8(16)9-5-6-10-11(7-9)19-13(18)15(10)12(17)14(2,3)4/h5-7H,1-4H3. The molecule has 0 amide bonds. The lowest BCUT2D eigenvalue weighted by molar-refractivity contribution is 0.0762. The van der Waals surface area contributed by atoms with Gasteiger partial charge >= 0.3 is 5.76 Å². The van der Waals surface area contributed by atoms with Crippen molar-refractivity contribution in [1.29, 1.82) is 0 Å². The summed E-state index contributed by atoms with van der Waals surface area (Å²) in [5.74, 6) is -1.19. The molecule has 0 saturated carbocycles. The van der Waals surface area contributed by atoms with E-state index in [1.807, 2.05) is 0 Å². The van der Waals surface area contributed by atoms with Crippen molar-refractivity contribution in [2.24, 2.45) is 5.41 Å². The van der Waals surface area contributed by atoms with Crippen LogP contribution in [0.15, 0.2) is 27.4 Å². The molecule has 1 aromatic heterocycles. The Labute approximate surface area is 109 Å². The first kappa shape index (κ1) is 13.3. The van der Waals surface area contributed by atoms with E-state index < -0.39 is 11.2 Å². The van der Waals surface area contributed by atoms with Gasteiger partial charge in [0.15, 0.2) is 11.4 Å². The number of fused-ring (bicyclic) bond motifs is 1. The maximum absolute atomic E-state index is 12.2. The lowest BCUT2D eigenvalue weighted by Crippen LogP contribution is -2.32. The summed E-state index contributed by atoms with van der Waals surface area (Å²) < 4.78 is 6.05. The molecule has 0 aliphatic heterocycles. The second-order valence-electron chi connectivity index (χ2n) is 5.50.